The molecule has 2 rings (SSSR count). The lowest BCUT2D eigenvalue weighted by Crippen LogP contribution is -2.40. The van der Waals surface area contributed by atoms with Crippen molar-refractivity contribution >= 4 is 29.9 Å². The third kappa shape index (κ3) is 5.10. The smallest absolute Gasteiger partial charge is 0.193 e. The summed E-state index contributed by atoms with van der Waals surface area (Å²) in [6, 6.07) is 0. The van der Waals surface area contributed by atoms with E-state index in [4.69, 9.17) is 9.73 Å². The second kappa shape index (κ2) is 9.00. The molecule has 0 aromatic heterocycles. The maximum Gasteiger partial charge on any atom is 0.193 e. The number of halogens is 1. The van der Waals surface area contributed by atoms with Gasteiger partial charge in [-0.3, -0.25) is 4.99 Å². The largest absolute Gasteiger partial charge is 0.384 e. The minimum absolute atomic E-state index is 0. The fourth-order valence-electron chi connectivity index (χ4n) is 2.71. The molecule has 1 N–H and O–H groups in total. The number of aliphatic imine (C=N–C) groups is 1. The van der Waals surface area contributed by atoms with E-state index < -0.39 is 0 Å². The predicted octanol–water partition coefficient (Wildman–Crippen LogP) is 2.34. The molecule has 1 unspecified atom stereocenters. The zero-order valence-corrected chi connectivity index (χ0v) is 14.6. The highest BCUT2D eigenvalue weighted by Gasteiger charge is 2.25. The standard InChI is InChI=1S/C14H27N3O.HI/c1-3-15-14(16-9-12-5-4-6-12)17-8-7-13(10-17)11-18-2;/h12-13H,3-11H2,1-2H3,(H,15,16);1H. The van der Waals surface area contributed by atoms with Crippen LogP contribution in [0.4, 0.5) is 0 Å². The Bertz CT molecular complexity index is 282. The maximum atomic E-state index is 5.25. The van der Waals surface area contributed by atoms with Crippen molar-refractivity contribution in [2.75, 3.05) is 39.9 Å². The lowest BCUT2D eigenvalue weighted by atomic mass is 9.86. The van der Waals surface area contributed by atoms with Gasteiger partial charge in [-0.2, -0.15) is 0 Å². The number of nitrogens with zero attached hydrogens (tertiary/aromatic N) is 2. The first kappa shape index (κ1) is 17.0. The Kier molecular flexibility index (Phi) is 8.06. The number of ether oxygens (including phenoxy) is 1. The zero-order chi connectivity index (χ0) is 12.8. The summed E-state index contributed by atoms with van der Waals surface area (Å²) < 4.78 is 5.25. The SMILES string of the molecule is CCNC(=NCC1CCC1)N1CCC(COC)C1.I. The van der Waals surface area contributed by atoms with Crippen LogP contribution < -0.4 is 5.32 Å². The number of rotatable bonds is 5. The monoisotopic (exact) mass is 381 g/mol. The summed E-state index contributed by atoms with van der Waals surface area (Å²) in [6.45, 7) is 7.18. The number of likely N-dealkylation sites (tertiary alicyclic amines) is 1. The second-order valence-corrected chi connectivity index (χ2v) is 5.55. The average molecular weight is 381 g/mol. The first-order chi connectivity index (χ1) is 8.83. The van der Waals surface area contributed by atoms with E-state index in [1.165, 1.54) is 25.7 Å². The van der Waals surface area contributed by atoms with Gasteiger partial charge >= 0.3 is 0 Å². The van der Waals surface area contributed by atoms with E-state index in [9.17, 15) is 0 Å². The minimum atomic E-state index is 0. The lowest BCUT2D eigenvalue weighted by molar-refractivity contribution is 0.157. The van der Waals surface area contributed by atoms with Crippen LogP contribution in [0, 0.1) is 11.8 Å². The number of nitrogens with one attached hydrogen (secondary N) is 1. The van der Waals surface area contributed by atoms with Crippen molar-refractivity contribution in [3.8, 4) is 0 Å². The normalized spacial score (nSPS) is 24.0. The van der Waals surface area contributed by atoms with Crippen LogP contribution in [0.25, 0.3) is 0 Å². The quantitative estimate of drug-likeness (QED) is 0.451. The summed E-state index contributed by atoms with van der Waals surface area (Å²) in [6.07, 6.45) is 5.36. The van der Waals surface area contributed by atoms with Crippen LogP contribution >= 0.6 is 24.0 Å². The zero-order valence-electron chi connectivity index (χ0n) is 12.2. The van der Waals surface area contributed by atoms with Gasteiger partial charge in [0, 0.05) is 39.2 Å². The van der Waals surface area contributed by atoms with Gasteiger partial charge in [0.1, 0.15) is 0 Å². The van der Waals surface area contributed by atoms with Gasteiger partial charge in [-0.15, -0.1) is 24.0 Å². The molecule has 1 atom stereocenters. The van der Waals surface area contributed by atoms with Gasteiger partial charge in [0.2, 0.25) is 0 Å². The Hall–Kier alpha value is -0.0400. The maximum absolute atomic E-state index is 5.25. The van der Waals surface area contributed by atoms with Crippen LogP contribution in [-0.4, -0.2) is 50.8 Å². The minimum Gasteiger partial charge on any atom is -0.384 e. The van der Waals surface area contributed by atoms with E-state index in [0.717, 1.165) is 44.7 Å². The van der Waals surface area contributed by atoms with Crippen molar-refractivity contribution in [3.05, 3.63) is 0 Å². The van der Waals surface area contributed by atoms with E-state index in [1.807, 2.05) is 0 Å². The third-order valence-electron chi connectivity index (χ3n) is 4.05. The van der Waals surface area contributed by atoms with Crippen molar-refractivity contribution in [1.29, 1.82) is 0 Å². The Morgan fingerprint density at radius 3 is 2.68 bits per heavy atom. The topological polar surface area (TPSA) is 36.9 Å². The van der Waals surface area contributed by atoms with Crippen LogP contribution in [0.15, 0.2) is 4.99 Å². The van der Waals surface area contributed by atoms with E-state index in [-0.39, 0.29) is 24.0 Å². The summed E-state index contributed by atoms with van der Waals surface area (Å²) >= 11 is 0. The second-order valence-electron chi connectivity index (χ2n) is 5.55. The Morgan fingerprint density at radius 2 is 2.11 bits per heavy atom. The van der Waals surface area contributed by atoms with Gasteiger partial charge in [0.25, 0.3) is 0 Å². The highest BCUT2D eigenvalue weighted by molar-refractivity contribution is 14.0. The summed E-state index contributed by atoms with van der Waals surface area (Å²) in [5.74, 6) is 2.63. The molecule has 1 aliphatic carbocycles. The van der Waals surface area contributed by atoms with Crippen LogP contribution in [-0.2, 0) is 4.74 Å². The molecule has 0 aromatic rings. The Balaban J connectivity index is 0.00000180. The van der Waals surface area contributed by atoms with Crippen LogP contribution in [0.3, 0.4) is 0 Å². The lowest BCUT2D eigenvalue weighted by Gasteiger charge is -2.26. The van der Waals surface area contributed by atoms with Gasteiger partial charge in [0.05, 0.1) is 6.61 Å². The summed E-state index contributed by atoms with van der Waals surface area (Å²) in [4.78, 5) is 7.20. The van der Waals surface area contributed by atoms with Gasteiger partial charge in [0.15, 0.2) is 5.96 Å². The molecule has 112 valence electrons. The molecular formula is C14H28IN3O. The van der Waals surface area contributed by atoms with Crippen LogP contribution in [0.1, 0.15) is 32.6 Å². The molecule has 2 fully saturated rings. The molecule has 1 aliphatic heterocycles. The molecule has 2 aliphatic rings. The number of hydrogen-bond donors (Lipinski definition) is 1. The van der Waals surface area contributed by atoms with Crippen molar-refractivity contribution in [1.82, 2.24) is 10.2 Å². The summed E-state index contributed by atoms with van der Waals surface area (Å²) in [5.41, 5.74) is 0. The molecule has 0 radical (unpaired) electrons. The molecule has 0 amide bonds. The van der Waals surface area contributed by atoms with Crippen molar-refractivity contribution < 1.29 is 4.74 Å². The fourth-order valence-corrected chi connectivity index (χ4v) is 2.71. The van der Waals surface area contributed by atoms with Gasteiger partial charge in [-0.05, 0) is 32.1 Å². The van der Waals surface area contributed by atoms with Crippen molar-refractivity contribution in [2.24, 2.45) is 16.8 Å². The number of hydrogen-bond acceptors (Lipinski definition) is 2. The van der Waals surface area contributed by atoms with Crippen molar-refractivity contribution in [2.45, 2.75) is 32.6 Å². The highest BCUT2D eigenvalue weighted by Crippen LogP contribution is 2.26. The van der Waals surface area contributed by atoms with E-state index >= 15 is 0 Å². The molecular weight excluding hydrogens is 353 g/mol. The molecule has 5 heteroatoms. The Morgan fingerprint density at radius 1 is 1.32 bits per heavy atom. The molecule has 19 heavy (non-hydrogen) atoms. The molecule has 1 heterocycles. The van der Waals surface area contributed by atoms with Gasteiger partial charge in [-0.25, -0.2) is 0 Å². The first-order valence-electron chi connectivity index (χ1n) is 7.35. The highest BCUT2D eigenvalue weighted by atomic mass is 127. The fraction of sp³-hybridized carbons (Fsp3) is 0.929. The third-order valence-corrected chi connectivity index (χ3v) is 4.05. The number of guanidine groups is 1. The molecule has 0 bridgehead atoms. The summed E-state index contributed by atoms with van der Waals surface area (Å²) in [7, 11) is 1.79. The molecule has 0 spiro atoms. The summed E-state index contributed by atoms with van der Waals surface area (Å²) in [5, 5.41) is 3.43. The van der Waals surface area contributed by atoms with Crippen LogP contribution in [0.5, 0.6) is 0 Å². The van der Waals surface area contributed by atoms with Crippen molar-refractivity contribution in [3.63, 3.8) is 0 Å². The van der Waals surface area contributed by atoms with E-state index in [1.54, 1.807) is 7.11 Å². The molecule has 1 saturated heterocycles. The van der Waals surface area contributed by atoms with E-state index in [2.05, 4.69) is 17.1 Å². The predicted molar refractivity (Wildman–Crippen MR) is 90.3 cm³/mol. The Labute approximate surface area is 134 Å². The van der Waals surface area contributed by atoms with E-state index in [0.29, 0.717) is 5.92 Å². The van der Waals surface area contributed by atoms with Gasteiger partial charge in [-0.1, -0.05) is 6.42 Å². The average Bonchev–Trinajstić information content (AvgIpc) is 2.75. The molecule has 4 nitrogen and oxygen atoms in total. The first-order valence-corrected chi connectivity index (χ1v) is 7.35. The van der Waals surface area contributed by atoms with Crippen LogP contribution in [0.2, 0.25) is 0 Å². The molecule has 1 saturated carbocycles. The molecule has 0 aromatic carbocycles. The van der Waals surface area contributed by atoms with Gasteiger partial charge < -0.3 is 15.0 Å². The number of methoxy groups -OCH3 is 1.